The second-order valence-electron chi connectivity index (χ2n) is 4.42. The van der Waals surface area contributed by atoms with Gasteiger partial charge in [-0.3, -0.25) is 4.68 Å². The highest BCUT2D eigenvalue weighted by molar-refractivity contribution is 5.68. The van der Waals surface area contributed by atoms with Crippen LogP contribution in [0.15, 0.2) is 18.2 Å². The zero-order chi connectivity index (χ0) is 13.4. The molecule has 0 radical (unpaired) electrons. The maximum absolute atomic E-state index is 13.7. The number of rotatable bonds is 2. The molecular weight excluding hydrogens is 238 g/mol. The first-order valence-corrected chi connectivity index (χ1v) is 5.66. The van der Waals surface area contributed by atoms with Crippen molar-refractivity contribution in [3.63, 3.8) is 0 Å². The molecular formula is C13H14F2N2O. The molecule has 1 aromatic heterocycles. The molecule has 0 atom stereocenters. The lowest BCUT2D eigenvalue weighted by Crippen LogP contribution is -2.04. The molecule has 2 aromatic rings. The average Bonchev–Trinajstić information content (AvgIpc) is 2.57. The van der Waals surface area contributed by atoms with E-state index in [-0.39, 0.29) is 23.0 Å². The summed E-state index contributed by atoms with van der Waals surface area (Å²) >= 11 is 0. The average molecular weight is 252 g/mol. The molecule has 0 unspecified atom stereocenters. The Hall–Kier alpha value is -1.91. The van der Waals surface area contributed by atoms with Gasteiger partial charge in [0, 0.05) is 6.04 Å². The third kappa shape index (κ3) is 1.85. The molecule has 0 amide bonds. The third-order valence-electron chi connectivity index (χ3n) is 2.81. The molecule has 0 saturated heterocycles. The van der Waals surface area contributed by atoms with E-state index in [9.17, 15) is 13.9 Å². The Morgan fingerprint density at radius 1 is 1.22 bits per heavy atom. The van der Waals surface area contributed by atoms with Gasteiger partial charge in [0.1, 0.15) is 17.3 Å². The van der Waals surface area contributed by atoms with Crippen LogP contribution in [-0.2, 0) is 0 Å². The first-order valence-electron chi connectivity index (χ1n) is 5.66. The van der Waals surface area contributed by atoms with E-state index in [0.717, 1.165) is 12.1 Å². The van der Waals surface area contributed by atoms with Gasteiger partial charge in [-0.1, -0.05) is 6.07 Å². The highest BCUT2D eigenvalue weighted by Crippen LogP contribution is 2.35. The van der Waals surface area contributed by atoms with E-state index in [1.165, 1.54) is 10.7 Å². The lowest BCUT2D eigenvalue weighted by molar-refractivity contribution is 0.461. The number of nitrogens with zero attached hydrogens (tertiary/aromatic N) is 2. The number of aromatic hydroxyl groups is 1. The minimum Gasteiger partial charge on any atom is -0.504 e. The second kappa shape index (κ2) is 4.40. The molecule has 0 aliphatic heterocycles. The van der Waals surface area contributed by atoms with Gasteiger partial charge < -0.3 is 5.11 Å². The smallest absolute Gasteiger partial charge is 0.164 e. The lowest BCUT2D eigenvalue weighted by Gasteiger charge is -2.06. The molecule has 0 fully saturated rings. The van der Waals surface area contributed by atoms with Crippen molar-refractivity contribution >= 4 is 0 Å². The summed E-state index contributed by atoms with van der Waals surface area (Å²) in [7, 11) is 0. The lowest BCUT2D eigenvalue weighted by atomic mass is 10.1. The van der Waals surface area contributed by atoms with Crippen LogP contribution in [0.25, 0.3) is 11.3 Å². The minimum absolute atomic E-state index is 0.000477. The number of aromatic nitrogens is 2. The van der Waals surface area contributed by atoms with Crippen molar-refractivity contribution in [3.05, 3.63) is 35.5 Å². The predicted octanol–water partition coefficient (Wildman–Crippen LogP) is 3.42. The van der Waals surface area contributed by atoms with Crippen molar-refractivity contribution in [1.82, 2.24) is 9.78 Å². The summed E-state index contributed by atoms with van der Waals surface area (Å²) in [6, 6.07) is 3.56. The van der Waals surface area contributed by atoms with Gasteiger partial charge in [-0.15, -0.1) is 0 Å². The topological polar surface area (TPSA) is 38.1 Å². The summed E-state index contributed by atoms with van der Waals surface area (Å²) in [6.07, 6.45) is 0. The first kappa shape index (κ1) is 12.5. The van der Waals surface area contributed by atoms with Crippen molar-refractivity contribution in [3.8, 4) is 17.0 Å². The summed E-state index contributed by atoms with van der Waals surface area (Å²) < 4.78 is 28.9. The normalized spacial score (nSPS) is 11.2. The highest BCUT2D eigenvalue weighted by atomic mass is 19.1. The molecule has 1 aromatic carbocycles. The van der Waals surface area contributed by atoms with Crippen molar-refractivity contribution in [2.75, 3.05) is 0 Å². The fourth-order valence-corrected chi connectivity index (χ4v) is 1.91. The molecule has 0 aliphatic rings. The van der Waals surface area contributed by atoms with E-state index in [0.29, 0.717) is 5.69 Å². The zero-order valence-electron chi connectivity index (χ0n) is 10.4. The second-order valence-corrected chi connectivity index (χ2v) is 4.42. The number of hydrogen-bond donors (Lipinski definition) is 1. The van der Waals surface area contributed by atoms with Crippen LogP contribution in [0.3, 0.4) is 0 Å². The van der Waals surface area contributed by atoms with Crippen molar-refractivity contribution in [1.29, 1.82) is 0 Å². The standard InChI is InChI=1S/C13H14F2N2O/c1-7(2)17-8(3)13(18)12(16-17)11-9(14)5-4-6-10(11)15/h4-7,18H,1-3H3. The van der Waals surface area contributed by atoms with Gasteiger partial charge in [-0.2, -0.15) is 5.10 Å². The molecule has 0 spiro atoms. The van der Waals surface area contributed by atoms with Crippen LogP contribution in [0.1, 0.15) is 25.6 Å². The van der Waals surface area contributed by atoms with Crippen LogP contribution in [0.4, 0.5) is 8.78 Å². The van der Waals surface area contributed by atoms with Gasteiger partial charge in [-0.25, -0.2) is 8.78 Å². The molecule has 5 heteroatoms. The summed E-state index contributed by atoms with van der Waals surface area (Å²) in [5.74, 6) is -1.66. The van der Waals surface area contributed by atoms with Gasteiger partial charge >= 0.3 is 0 Å². The van der Waals surface area contributed by atoms with Gasteiger partial charge in [0.2, 0.25) is 0 Å². The van der Waals surface area contributed by atoms with Gasteiger partial charge in [0.15, 0.2) is 5.75 Å². The van der Waals surface area contributed by atoms with Crippen molar-refractivity contribution < 1.29 is 13.9 Å². The summed E-state index contributed by atoms with van der Waals surface area (Å²) in [5, 5.41) is 14.0. The minimum atomic E-state index is -0.737. The van der Waals surface area contributed by atoms with Crippen LogP contribution in [0.5, 0.6) is 5.75 Å². The highest BCUT2D eigenvalue weighted by Gasteiger charge is 2.22. The summed E-state index contributed by atoms with van der Waals surface area (Å²) in [6.45, 7) is 5.41. The molecule has 18 heavy (non-hydrogen) atoms. The predicted molar refractivity (Wildman–Crippen MR) is 64.4 cm³/mol. The van der Waals surface area contributed by atoms with Crippen LogP contribution in [-0.4, -0.2) is 14.9 Å². The van der Waals surface area contributed by atoms with Gasteiger partial charge in [0.05, 0.1) is 11.3 Å². The molecule has 1 heterocycles. The molecule has 0 aliphatic carbocycles. The van der Waals surface area contributed by atoms with Gasteiger partial charge in [-0.05, 0) is 32.9 Å². The van der Waals surface area contributed by atoms with Crippen molar-refractivity contribution in [2.45, 2.75) is 26.8 Å². The number of hydrogen-bond acceptors (Lipinski definition) is 2. The molecule has 0 saturated carbocycles. The fourth-order valence-electron chi connectivity index (χ4n) is 1.91. The van der Waals surface area contributed by atoms with Crippen molar-refractivity contribution in [2.24, 2.45) is 0 Å². The zero-order valence-corrected chi connectivity index (χ0v) is 10.4. The SMILES string of the molecule is Cc1c(O)c(-c2c(F)cccc2F)nn1C(C)C. The van der Waals surface area contributed by atoms with E-state index in [1.807, 2.05) is 13.8 Å². The molecule has 3 nitrogen and oxygen atoms in total. The Balaban J connectivity index is 2.69. The Morgan fingerprint density at radius 3 is 2.22 bits per heavy atom. The molecule has 2 rings (SSSR count). The van der Waals surface area contributed by atoms with E-state index in [2.05, 4.69) is 5.10 Å². The fraction of sp³-hybridized carbons (Fsp3) is 0.308. The summed E-state index contributed by atoms with van der Waals surface area (Å²) in [5.41, 5.74) is 0.136. The number of benzene rings is 1. The van der Waals surface area contributed by atoms with E-state index < -0.39 is 11.6 Å². The number of halogens is 2. The largest absolute Gasteiger partial charge is 0.504 e. The Bertz CT molecular complexity index is 571. The molecule has 96 valence electrons. The maximum Gasteiger partial charge on any atom is 0.164 e. The maximum atomic E-state index is 13.7. The summed E-state index contributed by atoms with van der Waals surface area (Å²) in [4.78, 5) is 0. The van der Waals surface area contributed by atoms with Crippen LogP contribution in [0.2, 0.25) is 0 Å². The monoisotopic (exact) mass is 252 g/mol. The van der Waals surface area contributed by atoms with Crippen LogP contribution in [0, 0.1) is 18.6 Å². The van der Waals surface area contributed by atoms with E-state index in [4.69, 9.17) is 0 Å². The van der Waals surface area contributed by atoms with Crippen LogP contribution >= 0.6 is 0 Å². The van der Waals surface area contributed by atoms with Gasteiger partial charge in [0.25, 0.3) is 0 Å². The molecule has 0 bridgehead atoms. The van der Waals surface area contributed by atoms with E-state index in [1.54, 1.807) is 6.92 Å². The molecule has 1 N–H and O–H groups in total. The van der Waals surface area contributed by atoms with Crippen LogP contribution < -0.4 is 0 Å². The quantitative estimate of drug-likeness (QED) is 0.889. The Morgan fingerprint density at radius 2 is 1.78 bits per heavy atom. The van der Waals surface area contributed by atoms with E-state index >= 15 is 0 Å². The Kier molecular flexibility index (Phi) is 3.07. The Labute approximate surface area is 104 Å². The first-order chi connectivity index (χ1) is 8.43. The third-order valence-corrected chi connectivity index (χ3v) is 2.81.